The molecule has 6 aliphatic rings. The van der Waals surface area contributed by atoms with E-state index in [0.29, 0.717) is 10.8 Å². The highest BCUT2D eigenvalue weighted by Crippen LogP contribution is 2.43. The summed E-state index contributed by atoms with van der Waals surface area (Å²) in [5.74, 6) is 0. The molecule has 0 heterocycles. The van der Waals surface area contributed by atoms with Gasteiger partial charge in [-0.05, 0) is 37.7 Å². The first kappa shape index (κ1) is 28.8. The summed E-state index contributed by atoms with van der Waals surface area (Å²) < 4.78 is 0. The average Bonchev–Trinajstić information content (AvgIpc) is 3.43. The van der Waals surface area contributed by atoms with E-state index in [4.69, 9.17) is 5.11 Å². The van der Waals surface area contributed by atoms with Crippen molar-refractivity contribution < 1.29 is 5.11 Å². The Morgan fingerprint density at radius 2 is 0.879 bits per heavy atom. The van der Waals surface area contributed by atoms with Gasteiger partial charge < -0.3 is 5.11 Å². The highest BCUT2D eigenvalue weighted by atomic mass is 16.3. The minimum Gasteiger partial charge on any atom is -0.392 e. The van der Waals surface area contributed by atoms with Crippen LogP contribution in [-0.2, 0) is 0 Å². The zero-order valence-corrected chi connectivity index (χ0v) is 20.1. The number of allylic oxidation sites excluding steroid dienone is 16. The first-order chi connectivity index (χ1) is 14.5. The molecule has 6 rings (SSSR count). The number of aliphatic hydroxyl groups excluding tert-OH is 1. The lowest BCUT2D eigenvalue weighted by Gasteiger charge is -2.26. The van der Waals surface area contributed by atoms with Gasteiger partial charge in [0, 0.05) is 41.5 Å². The molecule has 0 aromatic carbocycles. The Hall–Kier alpha value is -2.19. The van der Waals surface area contributed by atoms with Crippen LogP contribution in [0.3, 0.4) is 0 Å². The van der Waals surface area contributed by atoms with Gasteiger partial charge in [-0.15, -0.1) is 0 Å². The van der Waals surface area contributed by atoms with Crippen LogP contribution >= 0.6 is 0 Å². The molecule has 165 valence electrons. The van der Waals surface area contributed by atoms with Crippen molar-refractivity contribution in [2.75, 3.05) is 6.61 Å². The number of aliphatic hydroxyl groups is 1. The molecular formula is C29H34B3O. The summed E-state index contributed by atoms with van der Waals surface area (Å²) in [6.07, 6.45) is 39.4. The Kier molecular flexibility index (Phi) is 10.3. The molecule has 0 bridgehead atoms. The van der Waals surface area contributed by atoms with E-state index >= 15 is 0 Å². The van der Waals surface area contributed by atoms with E-state index in [-0.39, 0.29) is 37.3 Å². The SMILES string of the molecule is CCC1=CC2(C=CC2)C=C1.CCC1=CC2(C=CC2)C=C1.OCC1=CC2(C=CC2)C=C1.[B].[B].[B]. The molecular weight excluding hydrogens is 397 g/mol. The van der Waals surface area contributed by atoms with Crippen LogP contribution in [0.4, 0.5) is 0 Å². The van der Waals surface area contributed by atoms with Crippen LogP contribution in [0, 0.1) is 16.2 Å². The van der Waals surface area contributed by atoms with Crippen molar-refractivity contribution in [1.82, 2.24) is 0 Å². The molecule has 9 radical (unpaired) electrons. The number of hydrogen-bond acceptors (Lipinski definition) is 1. The molecule has 0 aromatic rings. The van der Waals surface area contributed by atoms with Gasteiger partial charge in [0.05, 0.1) is 6.61 Å². The van der Waals surface area contributed by atoms with E-state index in [1.807, 2.05) is 6.08 Å². The monoisotopic (exact) mass is 431 g/mol. The Bertz CT molecular complexity index is 836. The molecule has 0 fully saturated rings. The quantitative estimate of drug-likeness (QED) is 0.432. The second-order valence-electron chi connectivity index (χ2n) is 9.18. The average molecular weight is 431 g/mol. The molecule has 0 amide bonds. The summed E-state index contributed by atoms with van der Waals surface area (Å²) in [5, 5.41) is 8.77. The summed E-state index contributed by atoms with van der Waals surface area (Å²) >= 11 is 0. The summed E-state index contributed by atoms with van der Waals surface area (Å²) in [5.41, 5.74) is 4.97. The first-order valence-corrected chi connectivity index (χ1v) is 11.4. The minimum atomic E-state index is 0. The van der Waals surface area contributed by atoms with Gasteiger partial charge in [0.25, 0.3) is 0 Å². The van der Waals surface area contributed by atoms with Crippen molar-refractivity contribution in [3.05, 3.63) is 108 Å². The predicted octanol–water partition coefficient (Wildman–Crippen LogP) is 5.96. The summed E-state index contributed by atoms with van der Waals surface area (Å²) in [7, 11) is 0. The van der Waals surface area contributed by atoms with E-state index in [1.165, 1.54) is 36.8 Å². The van der Waals surface area contributed by atoms with Gasteiger partial charge in [0.15, 0.2) is 0 Å². The van der Waals surface area contributed by atoms with E-state index in [2.05, 4.69) is 98.9 Å². The summed E-state index contributed by atoms with van der Waals surface area (Å²) in [4.78, 5) is 0. The molecule has 6 aliphatic carbocycles. The Morgan fingerprint density at radius 3 is 1.03 bits per heavy atom. The van der Waals surface area contributed by atoms with E-state index in [0.717, 1.165) is 12.0 Å². The molecule has 0 aliphatic heterocycles. The molecule has 0 saturated heterocycles. The van der Waals surface area contributed by atoms with Gasteiger partial charge >= 0.3 is 0 Å². The number of hydrogen-bond donors (Lipinski definition) is 1. The van der Waals surface area contributed by atoms with Crippen LogP contribution < -0.4 is 0 Å². The van der Waals surface area contributed by atoms with E-state index in [1.54, 1.807) is 0 Å². The molecule has 3 unspecified atom stereocenters. The molecule has 1 N–H and O–H groups in total. The third-order valence-electron chi connectivity index (χ3n) is 6.88. The van der Waals surface area contributed by atoms with Crippen LogP contribution in [0.2, 0.25) is 0 Å². The van der Waals surface area contributed by atoms with Crippen molar-refractivity contribution in [2.24, 2.45) is 16.2 Å². The lowest BCUT2D eigenvalue weighted by molar-refractivity contribution is 0.334. The lowest BCUT2D eigenvalue weighted by Crippen LogP contribution is -2.15. The lowest BCUT2D eigenvalue weighted by atomic mass is 9.78. The fraction of sp³-hybridized carbons (Fsp3) is 0.379. The third kappa shape index (κ3) is 6.24. The molecule has 33 heavy (non-hydrogen) atoms. The maximum atomic E-state index is 8.77. The van der Waals surface area contributed by atoms with Crippen LogP contribution in [0.15, 0.2) is 108 Å². The largest absolute Gasteiger partial charge is 0.392 e. The molecule has 3 atom stereocenters. The molecule has 0 saturated carbocycles. The fourth-order valence-electron chi connectivity index (χ4n) is 4.51. The Labute approximate surface area is 206 Å². The Balaban J connectivity index is 0.000000237. The number of rotatable bonds is 3. The smallest absolute Gasteiger partial charge is 0.0679 e. The fourth-order valence-corrected chi connectivity index (χ4v) is 4.51. The van der Waals surface area contributed by atoms with Gasteiger partial charge in [-0.2, -0.15) is 0 Å². The third-order valence-corrected chi connectivity index (χ3v) is 6.88. The molecule has 0 aromatic heterocycles. The normalized spacial score (nSPS) is 31.5. The Morgan fingerprint density at radius 1 is 0.576 bits per heavy atom. The van der Waals surface area contributed by atoms with Crippen LogP contribution in [0.5, 0.6) is 0 Å². The van der Waals surface area contributed by atoms with Gasteiger partial charge in [-0.1, -0.05) is 116 Å². The van der Waals surface area contributed by atoms with Gasteiger partial charge in [-0.25, -0.2) is 0 Å². The zero-order chi connectivity index (χ0) is 21.1. The van der Waals surface area contributed by atoms with Gasteiger partial charge in [0.1, 0.15) is 0 Å². The molecule has 3 spiro atoms. The van der Waals surface area contributed by atoms with Crippen LogP contribution in [0.25, 0.3) is 0 Å². The molecule has 1 nitrogen and oxygen atoms in total. The first-order valence-electron chi connectivity index (χ1n) is 11.4. The maximum Gasteiger partial charge on any atom is 0.0679 e. The van der Waals surface area contributed by atoms with Gasteiger partial charge in [-0.3, -0.25) is 0 Å². The summed E-state index contributed by atoms with van der Waals surface area (Å²) in [6.45, 7) is 4.58. The van der Waals surface area contributed by atoms with E-state index < -0.39 is 0 Å². The molecule has 4 heteroatoms. The topological polar surface area (TPSA) is 20.2 Å². The van der Waals surface area contributed by atoms with Crippen LogP contribution in [0.1, 0.15) is 46.0 Å². The van der Waals surface area contributed by atoms with Crippen molar-refractivity contribution in [3.8, 4) is 0 Å². The second-order valence-corrected chi connectivity index (χ2v) is 9.18. The maximum absolute atomic E-state index is 8.77. The second kappa shape index (κ2) is 11.8. The standard InChI is InChI=1S/2C10H12.C9H10O.3B/c2*1-2-9-4-7-10(8-9)5-3-6-10;10-7-8-2-5-9(6-8)3-1-4-9;;;/h2*3-5,7-8H,2,6H2,1H3;1-3,5-6,10H,4,7H2;;;. The van der Waals surface area contributed by atoms with Crippen LogP contribution in [-0.4, -0.2) is 37.0 Å². The zero-order valence-electron chi connectivity index (χ0n) is 20.1. The summed E-state index contributed by atoms with van der Waals surface area (Å²) in [6, 6.07) is 0. The van der Waals surface area contributed by atoms with Crippen molar-refractivity contribution in [1.29, 1.82) is 0 Å². The van der Waals surface area contributed by atoms with Crippen molar-refractivity contribution in [3.63, 3.8) is 0 Å². The van der Waals surface area contributed by atoms with Crippen molar-refractivity contribution in [2.45, 2.75) is 46.0 Å². The highest BCUT2D eigenvalue weighted by molar-refractivity contribution is 5.76. The minimum absolute atomic E-state index is 0. The van der Waals surface area contributed by atoms with E-state index in [9.17, 15) is 0 Å². The predicted molar refractivity (Wildman–Crippen MR) is 145 cm³/mol. The van der Waals surface area contributed by atoms with Gasteiger partial charge in [0.2, 0.25) is 0 Å². The van der Waals surface area contributed by atoms with Crippen molar-refractivity contribution >= 4 is 25.2 Å². The highest BCUT2D eigenvalue weighted by Gasteiger charge is 2.30.